The number of nitrogens with zero attached hydrogens (tertiary/aromatic N) is 2. The van der Waals surface area contributed by atoms with Gasteiger partial charge in [-0.05, 0) is 24.1 Å². The molecule has 2 aromatic carbocycles. The van der Waals surface area contributed by atoms with Gasteiger partial charge >= 0.3 is 0 Å². The van der Waals surface area contributed by atoms with Crippen LogP contribution in [0.15, 0.2) is 54.6 Å². The molecule has 5 heteroatoms. The van der Waals surface area contributed by atoms with Crippen LogP contribution in [0.3, 0.4) is 0 Å². The van der Waals surface area contributed by atoms with E-state index in [2.05, 4.69) is 35.2 Å². The van der Waals surface area contributed by atoms with Crippen LogP contribution in [0, 0.1) is 11.7 Å². The Bertz CT molecular complexity index is 812. The molecule has 1 amide bonds. The van der Waals surface area contributed by atoms with E-state index in [1.165, 1.54) is 24.6 Å². The molecule has 0 radical (unpaired) electrons. The Balaban J connectivity index is 1.18. The summed E-state index contributed by atoms with van der Waals surface area (Å²) < 4.78 is 14.0. The minimum atomic E-state index is -0.181. The van der Waals surface area contributed by atoms with E-state index in [1.54, 1.807) is 11.0 Å². The van der Waals surface area contributed by atoms with Gasteiger partial charge < -0.3 is 14.7 Å². The van der Waals surface area contributed by atoms with E-state index in [9.17, 15) is 9.18 Å². The van der Waals surface area contributed by atoms with E-state index in [1.807, 2.05) is 17.0 Å². The van der Waals surface area contributed by atoms with Crippen molar-refractivity contribution in [2.75, 3.05) is 50.7 Å². The number of piperidine rings is 1. The maximum Gasteiger partial charge on any atom is 0.226 e. The van der Waals surface area contributed by atoms with Crippen LogP contribution >= 0.6 is 0 Å². The number of carbonyl (C=O) groups is 1. The molecule has 2 aromatic rings. The van der Waals surface area contributed by atoms with Gasteiger partial charge in [-0.1, -0.05) is 42.5 Å². The highest BCUT2D eigenvalue weighted by Crippen LogP contribution is 2.21. The number of hydrogen-bond acceptors (Lipinski definition) is 2. The number of quaternary nitrogens is 1. The monoisotopic (exact) mass is 410 g/mol. The van der Waals surface area contributed by atoms with Crippen LogP contribution in [0.4, 0.5) is 10.1 Å². The first-order valence-corrected chi connectivity index (χ1v) is 11.4. The third-order valence-corrected chi connectivity index (χ3v) is 6.67. The smallest absolute Gasteiger partial charge is 0.226 e. The van der Waals surface area contributed by atoms with E-state index in [4.69, 9.17) is 0 Å². The molecule has 2 saturated heterocycles. The molecule has 2 fully saturated rings. The molecule has 1 N–H and O–H groups in total. The Morgan fingerprint density at radius 1 is 0.933 bits per heavy atom. The average molecular weight is 411 g/mol. The van der Waals surface area contributed by atoms with Crippen LogP contribution in [0.5, 0.6) is 0 Å². The first kappa shape index (κ1) is 20.9. The summed E-state index contributed by atoms with van der Waals surface area (Å²) in [7, 11) is 0. The predicted molar refractivity (Wildman–Crippen MR) is 118 cm³/mol. The van der Waals surface area contributed by atoms with Crippen molar-refractivity contribution < 1.29 is 14.1 Å². The second kappa shape index (κ2) is 10.1. The van der Waals surface area contributed by atoms with Crippen molar-refractivity contribution in [3.05, 3.63) is 66.0 Å². The minimum absolute atomic E-state index is 0.169. The molecule has 2 aliphatic rings. The molecule has 2 aliphatic heterocycles. The van der Waals surface area contributed by atoms with Crippen LogP contribution < -0.4 is 9.80 Å². The van der Waals surface area contributed by atoms with E-state index in [0.717, 1.165) is 32.4 Å². The number of halogens is 1. The normalized spacial score (nSPS) is 22.2. The lowest BCUT2D eigenvalue weighted by Crippen LogP contribution is -3.13. The fraction of sp³-hybridized carbons (Fsp3) is 0.480. The van der Waals surface area contributed by atoms with Crippen molar-refractivity contribution in [1.29, 1.82) is 0 Å². The van der Waals surface area contributed by atoms with Crippen molar-refractivity contribution in [2.24, 2.45) is 5.92 Å². The topological polar surface area (TPSA) is 28.0 Å². The van der Waals surface area contributed by atoms with Gasteiger partial charge in [-0.15, -0.1) is 0 Å². The number of hydrogen-bond donors (Lipinski definition) is 1. The molecule has 160 valence electrons. The molecule has 0 saturated carbocycles. The SMILES string of the molecule is O=C(C1CC[NH+](CCCc2ccccc2)CC1)N1CCN(c2ccccc2F)CC1. The van der Waals surface area contributed by atoms with Gasteiger partial charge in [0.15, 0.2) is 0 Å². The molecule has 0 aliphatic carbocycles. The Morgan fingerprint density at radius 2 is 1.60 bits per heavy atom. The van der Waals surface area contributed by atoms with Gasteiger partial charge in [0.2, 0.25) is 5.91 Å². The molecule has 2 heterocycles. The second-order valence-electron chi connectivity index (χ2n) is 8.63. The zero-order valence-corrected chi connectivity index (χ0v) is 17.7. The summed E-state index contributed by atoms with van der Waals surface area (Å²) >= 11 is 0. The lowest BCUT2D eigenvalue weighted by atomic mass is 9.94. The van der Waals surface area contributed by atoms with Crippen LogP contribution in [-0.4, -0.2) is 56.6 Å². The Labute approximate surface area is 179 Å². The van der Waals surface area contributed by atoms with E-state index < -0.39 is 0 Å². The minimum Gasteiger partial charge on any atom is -0.366 e. The molecule has 30 heavy (non-hydrogen) atoms. The van der Waals surface area contributed by atoms with Crippen molar-refractivity contribution in [1.82, 2.24) is 4.90 Å². The first-order valence-electron chi connectivity index (χ1n) is 11.4. The first-order chi connectivity index (χ1) is 14.7. The van der Waals surface area contributed by atoms with Gasteiger partial charge in [0.05, 0.1) is 25.3 Å². The van der Waals surface area contributed by atoms with E-state index in [0.29, 0.717) is 37.8 Å². The summed E-state index contributed by atoms with van der Waals surface area (Å²) in [5.74, 6) is 0.300. The summed E-state index contributed by atoms with van der Waals surface area (Å²) in [6.45, 7) is 6.18. The summed E-state index contributed by atoms with van der Waals surface area (Å²) in [6.07, 6.45) is 4.33. The van der Waals surface area contributed by atoms with Crippen molar-refractivity contribution in [3.63, 3.8) is 0 Å². The molecular weight excluding hydrogens is 377 g/mol. The van der Waals surface area contributed by atoms with Crippen LogP contribution in [0.25, 0.3) is 0 Å². The highest BCUT2D eigenvalue weighted by atomic mass is 19.1. The van der Waals surface area contributed by atoms with Crippen LogP contribution in [0.2, 0.25) is 0 Å². The van der Waals surface area contributed by atoms with E-state index >= 15 is 0 Å². The van der Waals surface area contributed by atoms with Crippen molar-refractivity contribution in [3.8, 4) is 0 Å². The lowest BCUT2D eigenvalue weighted by Gasteiger charge is -2.38. The molecule has 0 bridgehead atoms. The van der Waals surface area contributed by atoms with E-state index in [-0.39, 0.29) is 11.7 Å². The van der Waals surface area contributed by atoms with Crippen LogP contribution in [-0.2, 0) is 11.2 Å². The number of carbonyl (C=O) groups excluding carboxylic acids is 1. The van der Waals surface area contributed by atoms with Gasteiger partial charge in [-0.3, -0.25) is 4.79 Å². The third-order valence-electron chi connectivity index (χ3n) is 6.67. The molecule has 0 atom stereocenters. The zero-order chi connectivity index (χ0) is 20.8. The number of amides is 1. The summed E-state index contributed by atoms with van der Waals surface area (Å²) in [5.41, 5.74) is 2.06. The molecule has 0 unspecified atom stereocenters. The molecule has 4 nitrogen and oxygen atoms in total. The van der Waals surface area contributed by atoms with Crippen molar-refractivity contribution >= 4 is 11.6 Å². The maximum absolute atomic E-state index is 14.0. The Morgan fingerprint density at radius 3 is 2.30 bits per heavy atom. The maximum atomic E-state index is 14.0. The summed E-state index contributed by atoms with van der Waals surface area (Å²) in [5, 5.41) is 0. The summed E-state index contributed by atoms with van der Waals surface area (Å²) in [6, 6.07) is 17.6. The molecule has 0 spiro atoms. The standard InChI is InChI=1S/C25H32FN3O/c26-23-10-4-5-11-24(23)28-17-19-29(20-18-28)25(30)22-12-15-27(16-13-22)14-6-9-21-7-2-1-3-8-21/h1-5,7-8,10-11,22H,6,9,12-20H2/p+1. The van der Waals surface area contributed by atoms with Gasteiger partial charge in [-0.2, -0.15) is 0 Å². The van der Waals surface area contributed by atoms with Gasteiger partial charge in [-0.25, -0.2) is 4.39 Å². The Kier molecular flexibility index (Phi) is 7.00. The quantitative estimate of drug-likeness (QED) is 0.792. The summed E-state index contributed by atoms with van der Waals surface area (Å²) in [4.78, 5) is 18.7. The number of anilines is 1. The lowest BCUT2D eigenvalue weighted by molar-refractivity contribution is -0.906. The fourth-order valence-corrected chi connectivity index (χ4v) is 4.84. The number of piperazine rings is 1. The zero-order valence-electron chi connectivity index (χ0n) is 17.7. The molecule has 4 rings (SSSR count). The Hall–Kier alpha value is -2.40. The molecular formula is C25H33FN3O+. The van der Waals surface area contributed by atoms with Gasteiger partial charge in [0, 0.05) is 51.4 Å². The highest BCUT2D eigenvalue weighted by Gasteiger charge is 2.32. The fourth-order valence-electron chi connectivity index (χ4n) is 4.84. The number of rotatable bonds is 6. The average Bonchev–Trinajstić information content (AvgIpc) is 2.80. The van der Waals surface area contributed by atoms with Gasteiger partial charge in [0.1, 0.15) is 5.82 Å². The number of para-hydroxylation sites is 1. The highest BCUT2D eigenvalue weighted by molar-refractivity contribution is 5.79. The second-order valence-corrected chi connectivity index (χ2v) is 8.63. The molecule has 0 aromatic heterocycles. The third kappa shape index (κ3) is 5.20. The number of benzene rings is 2. The largest absolute Gasteiger partial charge is 0.366 e. The van der Waals surface area contributed by atoms with Crippen molar-refractivity contribution in [2.45, 2.75) is 25.7 Å². The number of aryl methyl sites for hydroxylation is 1. The predicted octanol–water partition coefficient (Wildman–Crippen LogP) is 2.40. The number of likely N-dealkylation sites (tertiary alicyclic amines) is 1. The van der Waals surface area contributed by atoms with Gasteiger partial charge in [0.25, 0.3) is 0 Å². The van der Waals surface area contributed by atoms with Crippen LogP contribution in [0.1, 0.15) is 24.8 Å². The number of nitrogens with one attached hydrogen (secondary N) is 1.